The number of aromatic nitrogens is 3. The number of rotatable bonds is 6. The van der Waals surface area contributed by atoms with E-state index in [1.54, 1.807) is 0 Å². The second kappa shape index (κ2) is 8.14. The number of pyridine rings is 1. The maximum atomic E-state index is 12.5. The van der Waals surface area contributed by atoms with Crippen LogP contribution in [0.15, 0.2) is 30.6 Å². The standard InChI is InChI=1S/C19H27N5O/c1-3-10-24-14-17(15(2)22-24)19(25)21-12-16-7-6-11-23(13-16)18-8-4-5-9-20-18/h4-5,8-9,14,16H,3,6-7,10-13H2,1-2H3,(H,21,25). The maximum absolute atomic E-state index is 12.5. The number of carbonyl (C=O) groups is 1. The Balaban J connectivity index is 1.55. The highest BCUT2D eigenvalue weighted by molar-refractivity contribution is 5.95. The molecule has 1 unspecified atom stereocenters. The van der Waals surface area contributed by atoms with E-state index in [0.717, 1.165) is 50.4 Å². The molecule has 0 spiro atoms. The summed E-state index contributed by atoms with van der Waals surface area (Å²) in [5.41, 5.74) is 1.48. The fourth-order valence-electron chi connectivity index (χ4n) is 3.40. The number of piperidine rings is 1. The SMILES string of the molecule is CCCn1cc(C(=O)NCC2CCCN(c3ccccn3)C2)c(C)n1. The third kappa shape index (κ3) is 4.38. The summed E-state index contributed by atoms with van der Waals surface area (Å²) in [5, 5.41) is 7.50. The highest BCUT2D eigenvalue weighted by atomic mass is 16.1. The molecule has 1 aliphatic rings. The van der Waals surface area contributed by atoms with Crippen molar-refractivity contribution in [2.24, 2.45) is 5.92 Å². The van der Waals surface area contributed by atoms with Crippen molar-refractivity contribution in [1.82, 2.24) is 20.1 Å². The van der Waals surface area contributed by atoms with Gasteiger partial charge in [0.05, 0.1) is 11.3 Å². The summed E-state index contributed by atoms with van der Waals surface area (Å²) in [4.78, 5) is 19.2. The number of carbonyl (C=O) groups excluding carboxylic acids is 1. The zero-order valence-corrected chi connectivity index (χ0v) is 15.1. The first kappa shape index (κ1) is 17.5. The molecule has 25 heavy (non-hydrogen) atoms. The molecule has 0 aromatic carbocycles. The molecule has 1 fully saturated rings. The fourth-order valence-corrected chi connectivity index (χ4v) is 3.40. The first-order valence-electron chi connectivity index (χ1n) is 9.15. The number of nitrogens with zero attached hydrogens (tertiary/aromatic N) is 4. The van der Waals surface area contributed by atoms with Gasteiger partial charge in [-0.05, 0) is 44.2 Å². The molecule has 3 heterocycles. The molecule has 2 aromatic heterocycles. The largest absolute Gasteiger partial charge is 0.356 e. The summed E-state index contributed by atoms with van der Waals surface area (Å²) in [5.74, 6) is 1.45. The van der Waals surface area contributed by atoms with E-state index in [-0.39, 0.29) is 5.91 Å². The summed E-state index contributed by atoms with van der Waals surface area (Å²) in [7, 11) is 0. The lowest BCUT2D eigenvalue weighted by Gasteiger charge is -2.33. The monoisotopic (exact) mass is 341 g/mol. The predicted octanol–water partition coefficient (Wildman–Crippen LogP) is 2.64. The van der Waals surface area contributed by atoms with Crippen LogP contribution in [0.2, 0.25) is 0 Å². The molecular weight excluding hydrogens is 314 g/mol. The first-order chi connectivity index (χ1) is 12.2. The minimum absolute atomic E-state index is 0.0187. The lowest BCUT2D eigenvalue weighted by atomic mass is 9.98. The Bertz CT molecular complexity index is 697. The third-order valence-electron chi connectivity index (χ3n) is 4.69. The molecule has 0 radical (unpaired) electrons. The van der Waals surface area contributed by atoms with Gasteiger partial charge in [0.1, 0.15) is 5.82 Å². The number of hydrogen-bond donors (Lipinski definition) is 1. The molecule has 1 saturated heterocycles. The van der Waals surface area contributed by atoms with E-state index in [2.05, 4.69) is 27.2 Å². The van der Waals surface area contributed by atoms with Crippen LogP contribution in [0.3, 0.4) is 0 Å². The van der Waals surface area contributed by atoms with E-state index < -0.39 is 0 Å². The smallest absolute Gasteiger partial charge is 0.254 e. The van der Waals surface area contributed by atoms with Crippen LogP contribution >= 0.6 is 0 Å². The number of aryl methyl sites for hydroxylation is 2. The lowest BCUT2D eigenvalue weighted by molar-refractivity contribution is 0.0945. The number of anilines is 1. The van der Waals surface area contributed by atoms with Crippen molar-refractivity contribution in [3.63, 3.8) is 0 Å². The zero-order valence-electron chi connectivity index (χ0n) is 15.1. The molecule has 0 bridgehead atoms. The Hall–Kier alpha value is -2.37. The van der Waals surface area contributed by atoms with E-state index in [0.29, 0.717) is 18.0 Å². The molecule has 6 nitrogen and oxygen atoms in total. The Labute approximate surface area is 149 Å². The van der Waals surface area contributed by atoms with Crippen molar-refractivity contribution < 1.29 is 4.79 Å². The van der Waals surface area contributed by atoms with Gasteiger partial charge < -0.3 is 10.2 Å². The molecule has 134 valence electrons. The molecule has 1 aliphatic heterocycles. The van der Waals surface area contributed by atoms with Crippen molar-refractivity contribution in [1.29, 1.82) is 0 Å². The van der Waals surface area contributed by atoms with E-state index in [9.17, 15) is 4.79 Å². The van der Waals surface area contributed by atoms with Crippen molar-refractivity contribution in [3.05, 3.63) is 41.9 Å². The zero-order chi connectivity index (χ0) is 17.6. The van der Waals surface area contributed by atoms with Crippen LogP contribution in [0, 0.1) is 12.8 Å². The van der Waals surface area contributed by atoms with Crippen LogP contribution in [0.5, 0.6) is 0 Å². The molecule has 1 atom stereocenters. The van der Waals surface area contributed by atoms with Gasteiger partial charge in [0.25, 0.3) is 5.91 Å². The number of amides is 1. The van der Waals surface area contributed by atoms with Gasteiger partial charge in [0.15, 0.2) is 0 Å². The van der Waals surface area contributed by atoms with E-state index in [4.69, 9.17) is 0 Å². The second-order valence-corrected chi connectivity index (χ2v) is 6.74. The quantitative estimate of drug-likeness (QED) is 0.877. The fraction of sp³-hybridized carbons (Fsp3) is 0.526. The van der Waals surface area contributed by atoms with Crippen LogP contribution in [-0.4, -0.2) is 40.3 Å². The van der Waals surface area contributed by atoms with Crippen LogP contribution in [0.25, 0.3) is 0 Å². The Morgan fingerprint density at radius 1 is 1.40 bits per heavy atom. The van der Waals surface area contributed by atoms with Crippen LogP contribution in [0.4, 0.5) is 5.82 Å². The van der Waals surface area contributed by atoms with Crippen LogP contribution in [0.1, 0.15) is 42.2 Å². The average molecular weight is 341 g/mol. The maximum Gasteiger partial charge on any atom is 0.254 e. The normalized spacial score (nSPS) is 17.5. The van der Waals surface area contributed by atoms with Gasteiger partial charge >= 0.3 is 0 Å². The second-order valence-electron chi connectivity index (χ2n) is 6.74. The number of hydrogen-bond acceptors (Lipinski definition) is 4. The van der Waals surface area contributed by atoms with Crippen molar-refractivity contribution in [2.45, 2.75) is 39.7 Å². The molecule has 1 amide bonds. The molecule has 6 heteroatoms. The van der Waals surface area contributed by atoms with E-state index in [1.165, 1.54) is 0 Å². The molecule has 0 aliphatic carbocycles. The van der Waals surface area contributed by atoms with Gasteiger partial charge in [-0.2, -0.15) is 5.10 Å². The third-order valence-corrected chi connectivity index (χ3v) is 4.69. The Morgan fingerprint density at radius 2 is 2.28 bits per heavy atom. The minimum Gasteiger partial charge on any atom is -0.356 e. The van der Waals surface area contributed by atoms with Gasteiger partial charge in [-0.3, -0.25) is 9.48 Å². The van der Waals surface area contributed by atoms with Crippen molar-refractivity contribution in [2.75, 3.05) is 24.5 Å². The van der Waals surface area contributed by atoms with Gasteiger partial charge in [-0.25, -0.2) is 4.98 Å². The summed E-state index contributed by atoms with van der Waals surface area (Å²) in [6, 6.07) is 6.00. The molecular formula is C19H27N5O. The highest BCUT2D eigenvalue weighted by Crippen LogP contribution is 2.21. The topological polar surface area (TPSA) is 63.1 Å². The van der Waals surface area contributed by atoms with Gasteiger partial charge in [0, 0.05) is 38.6 Å². The molecule has 1 N–H and O–H groups in total. The average Bonchev–Trinajstić information content (AvgIpc) is 3.01. The minimum atomic E-state index is -0.0187. The van der Waals surface area contributed by atoms with Gasteiger partial charge in [0.2, 0.25) is 0 Å². The molecule has 0 saturated carbocycles. The summed E-state index contributed by atoms with van der Waals surface area (Å²) in [6.45, 7) is 7.50. The van der Waals surface area contributed by atoms with Gasteiger partial charge in [-0.1, -0.05) is 13.0 Å². The lowest BCUT2D eigenvalue weighted by Crippen LogP contribution is -2.41. The molecule has 3 rings (SSSR count). The van der Waals surface area contributed by atoms with Gasteiger partial charge in [-0.15, -0.1) is 0 Å². The summed E-state index contributed by atoms with van der Waals surface area (Å²) >= 11 is 0. The van der Waals surface area contributed by atoms with E-state index >= 15 is 0 Å². The highest BCUT2D eigenvalue weighted by Gasteiger charge is 2.22. The Kier molecular flexibility index (Phi) is 5.68. The Morgan fingerprint density at radius 3 is 3.04 bits per heavy atom. The van der Waals surface area contributed by atoms with Crippen LogP contribution < -0.4 is 10.2 Å². The van der Waals surface area contributed by atoms with Crippen molar-refractivity contribution >= 4 is 11.7 Å². The summed E-state index contributed by atoms with van der Waals surface area (Å²) in [6.07, 6.45) is 6.96. The summed E-state index contributed by atoms with van der Waals surface area (Å²) < 4.78 is 1.85. The molecule has 2 aromatic rings. The van der Waals surface area contributed by atoms with E-state index in [1.807, 2.05) is 42.2 Å². The van der Waals surface area contributed by atoms with Crippen LogP contribution in [-0.2, 0) is 6.54 Å². The van der Waals surface area contributed by atoms with Crippen molar-refractivity contribution in [3.8, 4) is 0 Å². The predicted molar refractivity (Wildman–Crippen MR) is 98.8 cm³/mol. The first-order valence-corrected chi connectivity index (χ1v) is 9.15. The number of nitrogens with one attached hydrogen (secondary N) is 1.